The fourth-order valence-electron chi connectivity index (χ4n) is 1.59. The van der Waals surface area contributed by atoms with Crippen LogP contribution in [0.15, 0.2) is 23.7 Å². The van der Waals surface area contributed by atoms with Gasteiger partial charge in [-0.3, -0.25) is 4.98 Å². The molecule has 0 aliphatic heterocycles. The summed E-state index contributed by atoms with van der Waals surface area (Å²) in [5.41, 5.74) is 2.01. The summed E-state index contributed by atoms with van der Waals surface area (Å²) in [5.74, 6) is 0. The highest BCUT2D eigenvalue weighted by Crippen LogP contribution is 2.20. The van der Waals surface area contributed by atoms with E-state index < -0.39 is 0 Å². The highest BCUT2D eigenvalue weighted by atomic mass is 32.1. The number of pyridine rings is 1. The van der Waals surface area contributed by atoms with E-state index in [-0.39, 0.29) is 12.1 Å². The average molecular weight is 250 g/mol. The Bertz CT molecular complexity index is 491. The minimum absolute atomic E-state index is 0.151. The summed E-state index contributed by atoms with van der Waals surface area (Å²) in [6.45, 7) is 5.00. The molecule has 0 aliphatic rings. The van der Waals surface area contributed by atoms with E-state index in [1.165, 1.54) is 4.70 Å². The number of aliphatic hydroxyl groups excluding tert-OH is 1. The van der Waals surface area contributed by atoms with Gasteiger partial charge in [0.15, 0.2) is 0 Å². The van der Waals surface area contributed by atoms with E-state index in [0.717, 1.165) is 24.0 Å². The zero-order valence-electron chi connectivity index (χ0n) is 10.2. The molecule has 2 aromatic heterocycles. The molecule has 92 valence electrons. The second kappa shape index (κ2) is 5.12. The van der Waals surface area contributed by atoms with Crippen LogP contribution in [-0.4, -0.2) is 22.2 Å². The Kier molecular flexibility index (Phi) is 3.76. The molecule has 4 heteroatoms. The molecule has 0 saturated heterocycles. The molecule has 0 bridgehead atoms. The van der Waals surface area contributed by atoms with Gasteiger partial charge in [0.05, 0.1) is 16.8 Å². The lowest BCUT2D eigenvalue weighted by atomic mass is 10.00. The van der Waals surface area contributed by atoms with Gasteiger partial charge in [-0.05, 0) is 36.4 Å². The molecule has 17 heavy (non-hydrogen) atoms. The number of aromatic nitrogens is 1. The fourth-order valence-corrected chi connectivity index (χ4v) is 2.40. The Morgan fingerprint density at radius 1 is 1.53 bits per heavy atom. The lowest BCUT2D eigenvalue weighted by Crippen LogP contribution is -2.44. The van der Waals surface area contributed by atoms with Crippen LogP contribution in [0, 0.1) is 0 Å². The monoisotopic (exact) mass is 250 g/mol. The van der Waals surface area contributed by atoms with Crippen LogP contribution >= 0.6 is 11.3 Å². The summed E-state index contributed by atoms with van der Waals surface area (Å²) in [4.78, 5) is 4.40. The number of hydrogen-bond acceptors (Lipinski definition) is 4. The highest BCUT2D eigenvalue weighted by molar-refractivity contribution is 7.17. The first-order chi connectivity index (χ1) is 8.17. The van der Waals surface area contributed by atoms with Crippen molar-refractivity contribution in [2.75, 3.05) is 6.61 Å². The van der Waals surface area contributed by atoms with Crippen molar-refractivity contribution in [2.24, 2.45) is 0 Å². The van der Waals surface area contributed by atoms with Gasteiger partial charge in [0.2, 0.25) is 0 Å². The predicted molar refractivity (Wildman–Crippen MR) is 72.2 cm³/mol. The molecule has 0 fully saturated rings. The second-order valence-electron chi connectivity index (χ2n) is 4.57. The van der Waals surface area contributed by atoms with E-state index in [9.17, 15) is 5.11 Å². The van der Waals surface area contributed by atoms with Gasteiger partial charge in [0.25, 0.3) is 0 Å². The number of rotatable bonds is 5. The standard InChI is InChI=1S/C13H18N2OS/c1-3-13(2,9-16)15-8-10-6-12-11(14-7-10)4-5-17-12/h4-7,15-16H,3,8-9H2,1-2H3. The Hall–Kier alpha value is -0.970. The third kappa shape index (κ3) is 2.83. The van der Waals surface area contributed by atoms with Gasteiger partial charge >= 0.3 is 0 Å². The van der Waals surface area contributed by atoms with Crippen LogP contribution in [0.4, 0.5) is 0 Å². The van der Waals surface area contributed by atoms with Crippen molar-refractivity contribution >= 4 is 21.6 Å². The minimum Gasteiger partial charge on any atom is -0.394 e. The van der Waals surface area contributed by atoms with Crippen LogP contribution in [0.3, 0.4) is 0 Å². The van der Waals surface area contributed by atoms with Crippen molar-refractivity contribution in [3.05, 3.63) is 29.3 Å². The zero-order valence-corrected chi connectivity index (χ0v) is 11.0. The molecule has 0 saturated carbocycles. The molecule has 1 unspecified atom stereocenters. The Balaban J connectivity index is 2.08. The average Bonchev–Trinajstić information content (AvgIpc) is 2.83. The Morgan fingerprint density at radius 2 is 2.35 bits per heavy atom. The lowest BCUT2D eigenvalue weighted by Gasteiger charge is -2.27. The quantitative estimate of drug-likeness (QED) is 0.857. The molecule has 1 atom stereocenters. The first-order valence-corrected chi connectivity index (χ1v) is 6.73. The molecule has 0 aliphatic carbocycles. The second-order valence-corrected chi connectivity index (χ2v) is 5.52. The third-order valence-electron chi connectivity index (χ3n) is 3.21. The van der Waals surface area contributed by atoms with Crippen LogP contribution in [0.5, 0.6) is 0 Å². The van der Waals surface area contributed by atoms with E-state index in [4.69, 9.17) is 0 Å². The van der Waals surface area contributed by atoms with Crippen molar-refractivity contribution < 1.29 is 5.11 Å². The van der Waals surface area contributed by atoms with Crippen LogP contribution in [0.2, 0.25) is 0 Å². The maximum absolute atomic E-state index is 9.33. The summed E-state index contributed by atoms with van der Waals surface area (Å²) in [5, 5.41) is 14.8. The molecule has 0 amide bonds. The topological polar surface area (TPSA) is 45.1 Å². The van der Waals surface area contributed by atoms with Crippen molar-refractivity contribution in [1.82, 2.24) is 10.3 Å². The fraction of sp³-hybridized carbons (Fsp3) is 0.462. The smallest absolute Gasteiger partial charge is 0.0809 e. The summed E-state index contributed by atoms with van der Waals surface area (Å²) in [6.07, 6.45) is 2.80. The number of fused-ring (bicyclic) bond motifs is 1. The summed E-state index contributed by atoms with van der Waals surface area (Å²) in [7, 11) is 0. The Labute approximate surface area is 106 Å². The van der Waals surface area contributed by atoms with Gasteiger partial charge in [0.1, 0.15) is 0 Å². The first kappa shape index (κ1) is 12.5. The van der Waals surface area contributed by atoms with Gasteiger partial charge in [-0.2, -0.15) is 0 Å². The van der Waals surface area contributed by atoms with E-state index in [1.807, 2.05) is 19.2 Å². The molecule has 0 spiro atoms. The van der Waals surface area contributed by atoms with Crippen LogP contribution in [0.25, 0.3) is 10.2 Å². The zero-order chi connectivity index (χ0) is 12.3. The van der Waals surface area contributed by atoms with Gasteiger partial charge < -0.3 is 10.4 Å². The number of thiophene rings is 1. The van der Waals surface area contributed by atoms with Gasteiger partial charge in [-0.1, -0.05) is 6.92 Å². The van der Waals surface area contributed by atoms with Gasteiger partial charge in [-0.25, -0.2) is 0 Å². The number of nitrogens with one attached hydrogen (secondary N) is 1. The van der Waals surface area contributed by atoms with Crippen LogP contribution in [-0.2, 0) is 6.54 Å². The van der Waals surface area contributed by atoms with E-state index >= 15 is 0 Å². The van der Waals surface area contributed by atoms with E-state index in [1.54, 1.807) is 11.3 Å². The summed E-state index contributed by atoms with van der Waals surface area (Å²) in [6, 6.07) is 4.19. The largest absolute Gasteiger partial charge is 0.394 e. The van der Waals surface area contributed by atoms with Gasteiger partial charge in [-0.15, -0.1) is 11.3 Å². The maximum Gasteiger partial charge on any atom is 0.0809 e. The van der Waals surface area contributed by atoms with Gasteiger partial charge in [0, 0.05) is 18.3 Å². The van der Waals surface area contributed by atoms with Crippen molar-refractivity contribution in [3.63, 3.8) is 0 Å². The molecule has 2 N–H and O–H groups in total. The highest BCUT2D eigenvalue weighted by Gasteiger charge is 2.19. The normalized spacial score (nSPS) is 15.0. The van der Waals surface area contributed by atoms with Crippen molar-refractivity contribution in [3.8, 4) is 0 Å². The van der Waals surface area contributed by atoms with Crippen molar-refractivity contribution in [2.45, 2.75) is 32.4 Å². The van der Waals surface area contributed by atoms with Crippen molar-refractivity contribution in [1.29, 1.82) is 0 Å². The number of aliphatic hydroxyl groups is 1. The summed E-state index contributed by atoms with van der Waals surface area (Å²) < 4.78 is 1.21. The predicted octanol–water partition coefficient (Wildman–Crippen LogP) is 2.55. The third-order valence-corrected chi connectivity index (χ3v) is 4.06. The SMILES string of the molecule is CCC(C)(CO)NCc1cnc2ccsc2c1. The van der Waals surface area contributed by atoms with E-state index in [2.05, 4.69) is 28.7 Å². The molecule has 2 heterocycles. The molecule has 2 rings (SSSR count). The Morgan fingerprint density at radius 3 is 3.06 bits per heavy atom. The van der Waals surface area contributed by atoms with Crippen LogP contribution < -0.4 is 5.32 Å². The first-order valence-electron chi connectivity index (χ1n) is 5.85. The molecule has 0 aromatic carbocycles. The minimum atomic E-state index is -0.204. The number of hydrogen-bond donors (Lipinski definition) is 2. The molecular weight excluding hydrogens is 232 g/mol. The van der Waals surface area contributed by atoms with Crippen LogP contribution in [0.1, 0.15) is 25.8 Å². The lowest BCUT2D eigenvalue weighted by molar-refractivity contribution is 0.169. The van der Waals surface area contributed by atoms with E-state index in [0.29, 0.717) is 0 Å². The molecule has 3 nitrogen and oxygen atoms in total. The maximum atomic E-state index is 9.33. The molecule has 0 radical (unpaired) electrons. The summed E-state index contributed by atoms with van der Waals surface area (Å²) >= 11 is 1.71. The number of nitrogens with zero attached hydrogens (tertiary/aromatic N) is 1. The molecular formula is C13H18N2OS. The molecule has 2 aromatic rings.